The highest BCUT2D eigenvalue weighted by Crippen LogP contribution is 2.18. The lowest BCUT2D eigenvalue weighted by Crippen LogP contribution is -2.23. The summed E-state index contributed by atoms with van der Waals surface area (Å²) in [5.41, 5.74) is 2.01. The standard InChI is InChI=1S/C19H20N4O2/c1-25-17-6-3-2-5-16(17)7-8-19(24)21-14-15-9-11-20-18(13-15)23-12-4-10-22-23/h2-6,9-13H,7-8,14H2,1H3,(H,21,24). The number of aryl methyl sites for hydroxylation is 1. The van der Waals surface area contributed by atoms with Crippen molar-refractivity contribution >= 4 is 5.91 Å². The molecule has 3 rings (SSSR count). The van der Waals surface area contributed by atoms with Crippen molar-refractivity contribution in [2.75, 3.05) is 7.11 Å². The molecule has 1 amide bonds. The van der Waals surface area contributed by atoms with Crippen molar-refractivity contribution in [3.05, 3.63) is 72.2 Å². The summed E-state index contributed by atoms with van der Waals surface area (Å²) in [6.45, 7) is 0.460. The summed E-state index contributed by atoms with van der Waals surface area (Å²) >= 11 is 0. The monoisotopic (exact) mass is 336 g/mol. The molecule has 0 atom stereocenters. The van der Waals surface area contributed by atoms with Gasteiger partial charge in [0.2, 0.25) is 5.91 Å². The van der Waals surface area contributed by atoms with E-state index in [2.05, 4.69) is 15.4 Å². The van der Waals surface area contributed by atoms with Crippen molar-refractivity contribution in [3.8, 4) is 11.6 Å². The van der Waals surface area contributed by atoms with Gasteiger partial charge < -0.3 is 10.1 Å². The first kappa shape index (κ1) is 16.7. The van der Waals surface area contributed by atoms with Gasteiger partial charge in [0.05, 0.1) is 7.11 Å². The first-order valence-corrected chi connectivity index (χ1v) is 8.10. The third kappa shape index (κ3) is 4.44. The van der Waals surface area contributed by atoms with Crippen molar-refractivity contribution in [2.45, 2.75) is 19.4 Å². The Labute approximate surface area is 146 Å². The maximum absolute atomic E-state index is 12.1. The SMILES string of the molecule is COc1ccccc1CCC(=O)NCc1ccnc(-n2cccn2)c1. The Morgan fingerprint density at radius 1 is 1.20 bits per heavy atom. The van der Waals surface area contributed by atoms with E-state index in [-0.39, 0.29) is 5.91 Å². The van der Waals surface area contributed by atoms with Gasteiger partial charge in [-0.25, -0.2) is 9.67 Å². The van der Waals surface area contributed by atoms with Crippen LogP contribution in [0.3, 0.4) is 0 Å². The van der Waals surface area contributed by atoms with E-state index in [0.717, 1.165) is 22.7 Å². The maximum Gasteiger partial charge on any atom is 0.220 e. The van der Waals surface area contributed by atoms with E-state index in [1.165, 1.54) is 0 Å². The number of hydrogen-bond donors (Lipinski definition) is 1. The highest BCUT2D eigenvalue weighted by atomic mass is 16.5. The van der Waals surface area contributed by atoms with E-state index >= 15 is 0 Å². The summed E-state index contributed by atoms with van der Waals surface area (Å²) in [6.07, 6.45) is 6.31. The van der Waals surface area contributed by atoms with E-state index in [1.54, 1.807) is 24.2 Å². The number of carbonyl (C=O) groups is 1. The number of hydrogen-bond acceptors (Lipinski definition) is 4. The van der Waals surface area contributed by atoms with Crippen LogP contribution in [0.4, 0.5) is 0 Å². The Morgan fingerprint density at radius 3 is 2.88 bits per heavy atom. The van der Waals surface area contributed by atoms with Crippen LogP contribution in [0.2, 0.25) is 0 Å². The van der Waals surface area contributed by atoms with E-state index in [1.807, 2.05) is 48.7 Å². The third-order valence-electron chi connectivity index (χ3n) is 3.85. The van der Waals surface area contributed by atoms with Crippen molar-refractivity contribution in [3.63, 3.8) is 0 Å². The number of benzene rings is 1. The molecule has 0 fully saturated rings. The van der Waals surface area contributed by atoms with Gasteiger partial charge in [0.15, 0.2) is 5.82 Å². The summed E-state index contributed by atoms with van der Waals surface area (Å²) in [5, 5.41) is 7.10. The molecule has 3 aromatic rings. The summed E-state index contributed by atoms with van der Waals surface area (Å²) in [5.74, 6) is 1.54. The maximum atomic E-state index is 12.1. The van der Waals surface area contributed by atoms with E-state index in [4.69, 9.17) is 4.74 Å². The van der Waals surface area contributed by atoms with Crippen molar-refractivity contribution in [2.24, 2.45) is 0 Å². The second-order valence-electron chi connectivity index (χ2n) is 5.56. The predicted molar refractivity (Wildman–Crippen MR) is 94.5 cm³/mol. The average Bonchev–Trinajstić information content (AvgIpc) is 3.20. The fourth-order valence-electron chi connectivity index (χ4n) is 2.55. The molecule has 0 aliphatic heterocycles. The molecule has 0 radical (unpaired) electrons. The van der Waals surface area contributed by atoms with Crippen LogP contribution in [0.1, 0.15) is 17.5 Å². The van der Waals surface area contributed by atoms with Gasteiger partial charge in [-0.3, -0.25) is 4.79 Å². The molecule has 6 heteroatoms. The molecule has 25 heavy (non-hydrogen) atoms. The van der Waals surface area contributed by atoms with Crippen LogP contribution >= 0.6 is 0 Å². The van der Waals surface area contributed by atoms with Gasteiger partial charge in [0.1, 0.15) is 5.75 Å². The Bertz CT molecular complexity index is 831. The van der Waals surface area contributed by atoms with Crippen molar-refractivity contribution in [1.29, 1.82) is 0 Å². The lowest BCUT2D eigenvalue weighted by atomic mass is 10.1. The molecule has 2 aromatic heterocycles. The minimum Gasteiger partial charge on any atom is -0.496 e. The van der Waals surface area contributed by atoms with Gasteiger partial charge in [-0.2, -0.15) is 5.10 Å². The highest BCUT2D eigenvalue weighted by Gasteiger charge is 2.07. The van der Waals surface area contributed by atoms with E-state index in [0.29, 0.717) is 19.4 Å². The molecule has 1 aromatic carbocycles. The second-order valence-corrected chi connectivity index (χ2v) is 5.56. The molecule has 2 heterocycles. The number of methoxy groups -OCH3 is 1. The molecule has 1 N–H and O–H groups in total. The summed E-state index contributed by atoms with van der Waals surface area (Å²) in [7, 11) is 1.64. The molecular formula is C19H20N4O2. The van der Waals surface area contributed by atoms with Crippen LogP contribution in [-0.4, -0.2) is 27.8 Å². The number of amides is 1. The average molecular weight is 336 g/mol. The zero-order valence-corrected chi connectivity index (χ0v) is 14.1. The van der Waals surface area contributed by atoms with Crippen LogP contribution in [-0.2, 0) is 17.8 Å². The number of rotatable bonds is 7. The molecule has 0 bridgehead atoms. The van der Waals surface area contributed by atoms with Gasteiger partial charge in [0, 0.05) is 31.6 Å². The molecule has 0 spiro atoms. The van der Waals surface area contributed by atoms with Gasteiger partial charge in [-0.15, -0.1) is 0 Å². The van der Waals surface area contributed by atoms with Gasteiger partial charge >= 0.3 is 0 Å². The summed E-state index contributed by atoms with van der Waals surface area (Å²) < 4.78 is 7.00. The molecule has 0 aliphatic carbocycles. The number of para-hydroxylation sites is 1. The molecule has 0 aliphatic rings. The van der Waals surface area contributed by atoms with Gasteiger partial charge in [-0.1, -0.05) is 18.2 Å². The Balaban J connectivity index is 1.53. The Hall–Kier alpha value is -3.15. The lowest BCUT2D eigenvalue weighted by Gasteiger charge is -2.09. The molecule has 128 valence electrons. The van der Waals surface area contributed by atoms with Gasteiger partial charge in [0.25, 0.3) is 0 Å². The molecule has 0 unspecified atom stereocenters. The van der Waals surface area contributed by atoms with E-state index < -0.39 is 0 Å². The number of pyridine rings is 1. The number of nitrogens with zero attached hydrogens (tertiary/aromatic N) is 3. The van der Waals surface area contributed by atoms with Crippen molar-refractivity contribution in [1.82, 2.24) is 20.1 Å². The largest absolute Gasteiger partial charge is 0.496 e. The predicted octanol–water partition coefficient (Wildman–Crippen LogP) is 2.52. The van der Waals surface area contributed by atoms with Gasteiger partial charge in [-0.05, 0) is 41.8 Å². The minimum absolute atomic E-state index is 0.00311. The lowest BCUT2D eigenvalue weighted by molar-refractivity contribution is -0.121. The quantitative estimate of drug-likeness (QED) is 0.720. The molecule has 0 saturated heterocycles. The molecular weight excluding hydrogens is 316 g/mol. The first-order chi connectivity index (χ1) is 12.3. The fraction of sp³-hybridized carbons (Fsp3) is 0.211. The Kier molecular flexibility index (Phi) is 5.41. The first-order valence-electron chi connectivity index (χ1n) is 8.10. The van der Waals surface area contributed by atoms with Crippen LogP contribution in [0, 0.1) is 0 Å². The third-order valence-corrected chi connectivity index (χ3v) is 3.85. The highest BCUT2D eigenvalue weighted by molar-refractivity contribution is 5.76. The second kappa shape index (κ2) is 8.10. The summed E-state index contributed by atoms with van der Waals surface area (Å²) in [6, 6.07) is 13.4. The zero-order chi connectivity index (χ0) is 17.5. The topological polar surface area (TPSA) is 69.0 Å². The smallest absolute Gasteiger partial charge is 0.220 e. The summed E-state index contributed by atoms with van der Waals surface area (Å²) in [4.78, 5) is 16.4. The molecule has 0 saturated carbocycles. The number of aromatic nitrogens is 3. The number of carbonyl (C=O) groups excluding carboxylic acids is 1. The van der Waals surface area contributed by atoms with E-state index in [9.17, 15) is 4.79 Å². The van der Waals surface area contributed by atoms with Crippen LogP contribution in [0.25, 0.3) is 5.82 Å². The number of nitrogens with one attached hydrogen (secondary N) is 1. The molecule has 6 nitrogen and oxygen atoms in total. The fourth-order valence-corrected chi connectivity index (χ4v) is 2.55. The Morgan fingerprint density at radius 2 is 2.08 bits per heavy atom. The van der Waals surface area contributed by atoms with Crippen LogP contribution in [0.15, 0.2) is 61.1 Å². The normalized spacial score (nSPS) is 10.4. The number of ether oxygens (including phenoxy) is 1. The van der Waals surface area contributed by atoms with Crippen molar-refractivity contribution < 1.29 is 9.53 Å². The van der Waals surface area contributed by atoms with Crippen LogP contribution < -0.4 is 10.1 Å². The van der Waals surface area contributed by atoms with Crippen LogP contribution in [0.5, 0.6) is 5.75 Å². The minimum atomic E-state index is 0.00311. The zero-order valence-electron chi connectivity index (χ0n) is 14.1.